The molecule has 2 unspecified atom stereocenters. The van der Waals surface area contributed by atoms with Gasteiger partial charge in [-0.1, -0.05) is 221 Å². The van der Waals surface area contributed by atoms with Gasteiger partial charge in [0, 0.05) is 12.8 Å². The van der Waals surface area contributed by atoms with Crippen LogP contribution in [0.1, 0.15) is 239 Å². The number of carboxylic acid groups (broad SMARTS) is 1. The second kappa shape index (κ2) is 53.8. The monoisotopic (exact) mass is 1010 g/mol. The lowest BCUT2D eigenvalue weighted by molar-refractivity contribution is -0.870. The molecule has 0 bridgehead atoms. The van der Waals surface area contributed by atoms with Crippen LogP contribution in [0, 0.1) is 0 Å². The Bertz CT molecular complexity index is 1450. The van der Waals surface area contributed by atoms with Crippen LogP contribution in [0.3, 0.4) is 0 Å². The lowest BCUT2D eigenvalue weighted by Crippen LogP contribution is -2.44. The average Bonchev–Trinajstić information content (AvgIpc) is 3.35. The zero-order chi connectivity index (χ0) is 52.7. The molecule has 0 fully saturated rings. The minimum Gasteiger partial charge on any atom is -0.545 e. The highest BCUT2D eigenvalue weighted by Gasteiger charge is 2.22. The first kappa shape index (κ1) is 68.5. The quantitative estimate of drug-likeness (QED) is 0.0195. The van der Waals surface area contributed by atoms with Crippen molar-refractivity contribution in [1.82, 2.24) is 0 Å². The van der Waals surface area contributed by atoms with E-state index in [0.717, 1.165) is 96.3 Å². The summed E-state index contributed by atoms with van der Waals surface area (Å²) in [5.41, 5.74) is 0. The maximum absolute atomic E-state index is 12.9. The molecule has 414 valence electrons. The van der Waals surface area contributed by atoms with E-state index in [2.05, 4.69) is 98.9 Å². The van der Waals surface area contributed by atoms with Crippen molar-refractivity contribution in [3.8, 4) is 0 Å². The number of aliphatic carboxylic acids is 1. The summed E-state index contributed by atoms with van der Waals surface area (Å²) in [6, 6.07) is 0. The Morgan fingerprint density at radius 3 is 1.19 bits per heavy atom. The van der Waals surface area contributed by atoms with Crippen molar-refractivity contribution in [1.29, 1.82) is 0 Å². The van der Waals surface area contributed by atoms with Gasteiger partial charge in [-0.05, 0) is 89.9 Å². The second-order valence-electron chi connectivity index (χ2n) is 20.5. The van der Waals surface area contributed by atoms with E-state index < -0.39 is 24.3 Å². The Morgan fingerprint density at radius 1 is 0.431 bits per heavy atom. The molecular weight excluding hydrogens is 899 g/mol. The van der Waals surface area contributed by atoms with E-state index in [1.54, 1.807) is 0 Å². The minimum absolute atomic E-state index is 0.143. The molecule has 72 heavy (non-hydrogen) atoms. The van der Waals surface area contributed by atoms with Crippen molar-refractivity contribution in [2.24, 2.45) is 0 Å². The van der Waals surface area contributed by atoms with Crippen molar-refractivity contribution >= 4 is 17.9 Å². The highest BCUT2D eigenvalue weighted by Crippen LogP contribution is 2.15. The molecule has 9 heteroatoms. The zero-order valence-corrected chi connectivity index (χ0v) is 47.0. The van der Waals surface area contributed by atoms with Crippen LogP contribution < -0.4 is 5.11 Å². The molecule has 0 heterocycles. The number of nitrogens with zero attached hydrogens (tertiary/aromatic N) is 1. The van der Waals surface area contributed by atoms with Crippen LogP contribution >= 0.6 is 0 Å². The minimum atomic E-state index is -1.63. The number of likely N-dealkylation sites (N-methyl/N-ethyl adjacent to an activating group) is 1. The molecule has 0 aromatic carbocycles. The third-order valence-electron chi connectivity index (χ3n) is 12.4. The summed E-state index contributed by atoms with van der Waals surface area (Å²) < 4.78 is 22.7. The normalized spacial score (nSPS) is 13.4. The Balaban J connectivity index is 4.21. The van der Waals surface area contributed by atoms with Gasteiger partial charge in [-0.3, -0.25) is 9.59 Å². The summed E-state index contributed by atoms with van der Waals surface area (Å²) >= 11 is 0. The highest BCUT2D eigenvalue weighted by molar-refractivity contribution is 5.70. The van der Waals surface area contributed by atoms with Crippen LogP contribution in [0.2, 0.25) is 0 Å². The summed E-state index contributed by atoms with van der Waals surface area (Å²) in [5.74, 6) is -2.30. The number of hydrogen-bond acceptors (Lipinski definition) is 8. The lowest BCUT2D eigenvalue weighted by atomic mass is 10.0. The summed E-state index contributed by atoms with van der Waals surface area (Å²) in [6.45, 7) is 4.62. The van der Waals surface area contributed by atoms with E-state index >= 15 is 0 Å². The number of esters is 2. The van der Waals surface area contributed by atoms with Crippen LogP contribution in [-0.2, 0) is 33.3 Å². The molecule has 0 aliphatic rings. The summed E-state index contributed by atoms with van der Waals surface area (Å²) in [6.07, 6.45) is 67.7. The lowest BCUT2D eigenvalue weighted by Gasteiger charge is -2.26. The SMILES string of the molecule is CC/C=C\C/C=C\C/C=C\C/C=C\C/C=C\C/C=C\CCCCCCCCCCCCCCC(=O)OC(COC(=O)CCCCCCC/C=C\CCCCCCCCC)COC(OCC[N+](C)(C)C)C(=O)[O-]. The number of allylic oxidation sites excluding steroid dienone is 14. The van der Waals surface area contributed by atoms with Gasteiger partial charge < -0.3 is 33.3 Å². The fourth-order valence-corrected chi connectivity index (χ4v) is 7.89. The van der Waals surface area contributed by atoms with Crippen molar-refractivity contribution in [3.05, 3.63) is 85.1 Å². The highest BCUT2D eigenvalue weighted by atomic mass is 16.7. The van der Waals surface area contributed by atoms with Crippen molar-refractivity contribution in [2.45, 2.75) is 251 Å². The van der Waals surface area contributed by atoms with Crippen LogP contribution in [0.4, 0.5) is 0 Å². The molecule has 0 spiro atoms. The van der Waals surface area contributed by atoms with E-state index in [1.807, 2.05) is 21.1 Å². The van der Waals surface area contributed by atoms with E-state index in [-0.39, 0.29) is 38.6 Å². The number of ether oxygens (including phenoxy) is 4. The molecule has 0 saturated carbocycles. The first-order valence-corrected chi connectivity index (χ1v) is 29.2. The van der Waals surface area contributed by atoms with Gasteiger partial charge in [-0.25, -0.2) is 0 Å². The van der Waals surface area contributed by atoms with Gasteiger partial charge in [0.25, 0.3) is 0 Å². The number of hydrogen-bond donors (Lipinski definition) is 0. The summed E-state index contributed by atoms with van der Waals surface area (Å²) in [7, 11) is 5.92. The first-order chi connectivity index (χ1) is 35.1. The molecular formula is C63H109NO8. The van der Waals surface area contributed by atoms with Gasteiger partial charge in [0.2, 0.25) is 0 Å². The number of carbonyl (C=O) groups is 3. The third-order valence-corrected chi connectivity index (χ3v) is 12.4. The van der Waals surface area contributed by atoms with Crippen molar-refractivity contribution < 1.29 is 42.9 Å². The standard InChI is InChI=1S/C63H109NO8/c1-6-8-10-12-14-16-18-20-22-24-25-26-27-28-29-30-31-32-33-34-35-36-37-38-40-42-44-46-48-50-52-54-61(66)72-59(58-71-63(62(67)68)69-56-55-64(3,4)5)57-70-60(65)53-51-49-47-45-43-41-39-23-21-19-17-15-13-11-9-7-2/h8,10,14,16,20,22-23,25-26,28-29,31-32,39,59,63H,6-7,9,11-13,15,17-19,21,24,27,30,33-38,40-58H2,1-5H3/b10-8-,16-14-,22-20-,26-25-,29-28-,32-31-,39-23-. The van der Waals surface area contributed by atoms with Gasteiger partial charge in [0.15, 0.2) is 12.4 Å². The first-order valence-electron chi connectivity index (χ1n) is 29.2. The fraction of sp³-hybridized carbons (Fsp3) is 0.730. The van der Waals surface area contributed by atoms with Gasteiger partial charge in [-0.15, -0.1) is 0 Å². The maximum Gasteiger partial charge on any atom is 0.306 e. The number of unbranched alkanes of at least 4 members (excludes halogenated alkanes) is 24. The van der Waals surface area contributed by atoms with E-state index in [1.165, 1.54) is 109 Å². The molecule has 0 amide bonds. The van der Waals surface area contributed by atoms with Gasteiger partial charge in [0.1, 0.15) is 13.2 Å². The molecule has 0 N–H and O–H groups in total. The Kier molecular flexibility index (Phi) is 51.1. The molecule has 2 atom stereocenters. The predicted molar refractivity (Wildman–Crippen MR) is 301 cm³/mol. The topological polar surface area (TPSA) is 111 Å². The molecule has 0 aromatic heterocycles. The van der Waals surface area contributed by atoms with Crippen molar-refractivity contribution in [3.63, 3.8) is 0 Å². The van der Waals surface area contributed by atoms with Gasteiger partial charge in [-0.2, -0.15) is 0 Å². The second-order valence-corrected chi connectivity index (χ2v) is 20.5. The largest absolute Gasteiger partial charge is 0.545 e. The van der Waals surface area contributed by atoms with Crippen molar-refractivity contribution in [2.75, 3.05) is 47.5 Å². The van der Waals surface area contributed by atoms with E-state index in [4.69, 9.17) is 18.9 Å². The molecule has 0 aromatic rings. The molecule has 0 aliphatic carbocycles. The van der Waals surface area contributed by atoms with Crippen LogP contribution in [-0.4, -0.2) is 82.3 Å². The number of quaternary nitrogens is 1. The Labute approximate surface area is 442 Å². The molecule has 0 radical (unpaired) electrons. The third kappa shape index (κ3) is 54.2. The van der Waals surface area contributed by atoms with E-state index in [9.17, 15) is 19.5 Å². The smallest absolute Gasteiger partial charge is 0.306 e. The Morgan fingerprint density at radius 2 is 0.792 bits per heavy atom. The zero-order valence-electron chi connectivity index (χ0n) is 47.0. The van der Waals surface area contributed by atoms with Crippen LogP contribution in [0.15, 0.2) is 85.1 Å². The summed E-state index contributed by atoms with van der Waals surface area (Å²) in [5, 5.41) is 11.8. The van der Waals surface area contributed by atoms with Gasteiger partial charge in [0.05, 0.1) is 40.3 Å². The van der Waals surface area contributed by atoms with Crippen LogP contribution in [0.5, 0.6) is 0 Å². The molecule has 0 saturated heterocycles. The maximum atomic E-state index is 12.9. The molecule has 9 nitrogen and oxygen atoms in total. The number of rotatable bonds is 53. The van der Waals surface area contributed by atoms with Crippen LogP contribution in [0.25, 0.3) is 0 Å². The van der Waals surface area contributed by atoms with Gasteiger partial charge >= 0.3 is 11.9 Å². The fourth-order valence-electron chi connectivity index (χ4n) is 7.89. The van der Waals surface area contributed by atoms with E-state index in [0.29, 0.717) is 17.4 Å². The predicted octanol–water partition coefficient (Wildman–Crippen LogP) is 15.8. The number of carbonyl (C=O) groups excluding carboxylic acids is 3. The average molecular weight is 1010 g/mol. The molecule has 0 rings (SSSR count). The molecule has 0 aliphatic heterocycles. The summed E-state index contributed by atoms with van der Waals surface area (Å²) in [4.78, 5) is 37.3. The Hall–Kier alpha value is -3.53. The number of carboxylic acids is 1.